The lowest BCUT2D eigenvalue weighted by atomic mass is 10.2. The summed E-state index contributed by atoms with van der Waals surface area (Å²) >= 11 is 0. The number of anilines is 2. The molecule has 0 aromatic heterocycles. The molecule has 3 N–H and O–H groups in total. The van der Waals surface area contributed by atoms with Gasteiger partial charge in [0.2, 0.25) is 5.91 Å². The summed E-state index contributed by atoms with van der Waals surface area (Å²) in [7, 11) is 1.51. The van der Waals surface area contributed by atoms with Crippen LogP contribution in [-0.2, 0) is 9.53 Å². The molecule has 2 aromatic carbocycles. The van der Waals surface area contributed by atoms with E-state index in [1.807, 2.05) is 0 Å². The molecule has 0 atom stereocenters. The van der Waals surface area contributed by atoms with E-state index in [1.54, 1.807) is 69.3 Å². The van der Waals surface area contributed by atoms with Gasteiger partial charge in [-0.1, -0.05) is 12.1 Å². The fourth-order valence-corrected chi connectivity index (χ4v) is 2.48. The van der Waals surface area contributed by atoms with Gasteiger partial charge in [-0.2, -0.15) is 0 Å². The maximum Gasteiger partial charge on any atom is 0.407 e. The molecule has 0 aliphatic rings. The van der Waals surface area contributed by atoms with E-state index < -0.39 is 11.7 Å². The first-order valence-corrected chi connectivity index (χ1v) is 9.49. The van der Waals surface area contributed by atoms with Gasteiger partial charge < -0.3 is 25.4 Å². The normalized spacial score (nSPS) is 10.7. The van der Waals surface area contributed by atoms with Crippen molar-refractivity contribution in [2.45, 2.75) is 32.8 Å². The Hall–Kier alpha value is -3.55. The Morgan fingerprint density at radius 1 is 0.900 bits per heavy atom. The van der Waals surface area contributed by atoms with Crippen molar-refractivity contribution >= 4 is 29.3 Å². The zero-order valence-corrected chi connectivity index (χ0v) is 17.6. The summed E-state index contributed by atoms with van der Waals surface area (Å²) in [6.45, 7) is 5.46. The minimum absolute atomic E-state index is 0.103. The first-order chi connectivity index (χ1) is 14.2. The summed E-state index contributed by atoms with van der Waals surface area (Å²) in [5.74, 6) is -0.0619. The van der Waals surface area contributed by atoms with Crippen LogP contribution in [0.1, 0.15) is 37.6 Å². The number of rotatable bonds is 7. The van der Waals surface area contributed by atoms with Gasteiger partial charge in [-0.25, -0.2) is 4.79 Å². The molecular formula is C22H27N3O5. The Morgan fingerprint density at radius 2 is 1.50 bits per heavy atom. The van der Waals surface area contributed by atoms with Gasteiger partial charge in [0.25, 0.3) is 5.91 Å². The predicted octanol–water partition coefficient (Wildman–Crippen LogP) is 3.80. The van der Waals surface area contributed by atoms with E-state index in [4.69, 9.17) is 9.47 Å². The molecule has 0 aliphatic heterocycles. The number of para-hydroxylation sites is 1. The molecule has 0 radical (unpaired) electrons. The summed E-state index contributed by atoms with van der Waals surface area (Å²) in [5, 5.41) is 8.05. The number of methoxy groups -OCH3 is 1. The molecule has 0 heterocycles. The summed E-state index contributed by atoms with van der Waals surface area (Å²) in [5.41, 5.74) is 0.993. The lowest BCUT2D eigenvalue weighted by Gasteiger charge is -2.19. The van der Waals surface area contributed by atoms with Crippen LogP contribution < -0.4 is 20.7 Å². The lowest BCUT2D eigenvalue weighted by Crippen LogP contribution is -2.34. The van der Waals surface area contributed by atoms with Crippen LogP contribution >= 0.6 is 0 Å². The van der Waals surface area contributed by atoms with Crippen molar-refractivity contribution in [3.05, 3.63) is 54.1 Å². The molecule has 0 spiro atoms. The standard InChI is InChI=1S/C22H27N3O5/c1-22(2,3)30-21(28)23-14-13-19(26)24-15-9-11-16(12-10-15)25-20(27)17-7-5-6-8-18(17)29-4/h5-12H,13-14H2,1-4H3,(H,23,28)(H,24,26)(H,25,27). The van der Waals surface area contributed by atoms with E-state index >= 15 is 0 Å². The van der Waals surface area contributed by atoms with Crippen molar-refractivity contribution in [1.29, 1.82) is 0 Å². The number of carbonyl (C=O) groups is 3. The molecule has 0 saturated carbocycles. The topological polar surface area (TPSA) is 106 Å². The Kier molecular flexibility index (Phi) is 7.80. The van der Waals surface area contributed by atoms with Crippen LogP contribution in [0.25, 0.3) is 0 Å². The van der Waals surface area contributed by atoms with Crippen molar-refractivity contribution in [3.63, 3.8) is 0 Å². The number of nitrogens with one attached hydrogen (secondary N) is 3. The Balaban J connectivity index is 1.82. The SMILES string of the molecule is COc1ccccc1C(=O)Nc1ccc(NC(=O)CCNC(=O)OC(C)(C)C)cc1. The summed E-state index contributed by atoms with van der Waals surface area (Å²) in [6.07, 6.45) is -0.462. The minimum atomic E-state index is -0.588. The molecule has 8 heteroatoms. The molecule has 0 aliphatic carbocycles. The van der Waals surface area contributed by atoms with Crippen LogP contribution in [0.2, 0.25) is 0 Å². The Morgan fingerprint density at radius 3 is 2.10 bits per heavy atom. The third kappa shape index (κ3) is 7.46. The highest BCUT2D eigenvalue weighted by Crippen LogP contribution is 2.20. The smallest absolute Gasteiger partial charge is 0.407 e. The highest BCUT2D eigenvalue weighted by atomic mass is 16.6. The van der Waals surface area contributed by atoms with Crippen molar-refractivity contribution in [2.24, 2.45) is 0 Å². The first kappa shape index (κ1) is 22.7. The predicted molar refractivity (Wildman–Crippen MR) is 115 cm³/mol. The van der Waals surface area contributed by atoms with Gasteiger partial charge in [0.1, 0.15) is 11.4 Å². The molecule has 3 amide bonds. The maximum absolute atomic E-state index is 12.4. The Bertz CT molecular complexity index is 888. The van der Waals surface area contributed by atoms with Gasteiger partial charge in [0.15, 0.2) is 0 Å². The number of carbonyl (C=O) groups excluding carboxylic acids is 3. The van der Waals surface area contributed by atoms with E-state index in [1.165, 1.54) is 7.11 Å². The molecule has 8 nitrogen and oxygen atoms in total. The van der Waals surface area contributed by atoms with Gasteiger partial charge in [0.05, 0.1) is 12.7 Å². The van der Waals surface area contributed by atoms with E-state index in [0.29, 0.717) is 22.7 Å². The van der Waals surface area contributed by atoms with Gasteiger partial charge in [0, 0.05) is 24.3 Å². The van der Waals surface area contributed by atoms with Crippen LogP contribution in [0.3, 0.4) is 0 Å². The molecule has 30 heavy (non-hydrogen) atoms. The average molecular weight is 413 g/mol. The number of alkyl carbamates (subject to hydrolysis) is 1. The molecular weight excluding hydrogens is 386 g/mol. The van der Waals surface area contributed by atoms with Crippen LogP contribution in [0, 0.1) is 0 Å². The highest BCUT2D eigenvalue weighted by Gasteiger charge is 2.16. The molecule has 0 fully saturated rings. The summed E-state index contributed by atoms with van der Waals surface area (Å²) < 4.78 is 10.3. The number of ether oxygens (including phenoxy) is 2. The van der Waals surface area contributed by atoms with Crippen molar-refractivity contribution in [2.75, 3.05) is 24.3 Å². The number of amides is 3. The molecule has 0 saturated heterocycles. The number of hydrogen-bond acceptors (Lipinski definition) is 5. The van der Waals surface area contributed by atoms with Gasteiger partial charge in [-0.15, -0.1) is 0 Å². The molecule has 2 aromatic rings. The zero-order chi connectivity index (χ0) is 22.1. The quantitative estimate of drug-likeness (QED) is 0.640. The third-order valence-corrected chi connectivity index (χ3v) is 3.80. The van der Waals surface area contributed by atoms with Crippen molar-refractivity contribution in [1.82, 2.24) is 5.32 Å². The maximum atomic E-state index is 12.4. The van der Waals surface area contributed by atoms with E-state index in [-0.39, 0.29) is 24.8 Å². The van der Waals surface area contributed by atoms with Crippen LogP contribution in [-0.4, -0.2) is 37.2 Å². The fourth-order valence-electron chi connectivity index (χ4n) is 2.48. The first-order valence-electron chi connectivity index (χ1n) is 9.49. The van der Waals surface area contributed by atoms with Crippen LogP contribution in [0.4, 0.5) is 16.2 Å². The van der Waals surface area contributed by atoms with Gasteiger partial charge in [-0.05, 0) is 57.2 Å². The second-order valence-corrected chi connectivity index (χ2v) is 7.46. The van der Waals surface area contributed by atoms with Gasteiger partial charge >= 0.3 is 6.09 Å². The number of hydrogen-bond donors (Lipinski definition) is 3. The molecule has 0 bridgehead atoms. The summed E-state index contributed by atoms with van der Waals surface area (Å²) in [6, 6.07) is 13.7. The third-order valence-electron chi connectivity index (χ3n) is 3.80. The van der Waals surface area contributed by atoms with E-state index in [9.17, 15) is 14.4 Å². The molecule has 0 unspecified atom stereocenters. The second kappa shape index (κ2) is 10.3. The lowest BCUT2D eigenvalue weighted by molar-refractivity contribution is -0.116. The van der Waals surface area contributed by atoms with E-state index in [0.717, 1.165) is 0 Å². The minimum Gasteiger partial charge on any atom is -0.496 e. The molecule has 2 rings (SSSR count). The van der Waals surface area contributed by atoms with Crippen molar-refractivity contribution < 1.29 is 23.9 Å². The monoisotopic (exact) mass is 413 g/mol. The summed E-state index contributed by atoms with van der Waals surface area (Å²) in [4.78, 5) is 36.0. The zero-order valence-electron chi connectivity index (χ0n) is 17.6. The van der Waals surface area contributed by atoms with Crippen LogP contribution in [0.15, 0.2) is 48.5 Å². The average Bonchev–Trinajstić information content (AvgIpc) is 2.68. The second-order valence-electron chi connectivity index (χ2n) is 7.46. The van der Waals surface area contributed by atoms with E-state index in [2.05, 4.69) is 16.0 Å². The number of benzene rings is 2. The Labute approximate surface area is 175 Å². The molecule has 160 valence electrons. The largest absolute Gasteiger partial charge is 0.496 e. The van der Waals surface area contributed by atoms with Gasteiger partial charge in [-0.3, -0.25) is 9.59 Å². The van der Waals surface area contributed by atoms with Crippen LogP contribution in [0.5, 0.6) is 5.75 Å². The highest BCUT2D eigenvalue weighted by molar-refractivity contribution is 6.06. The van der Waals surface area contributed by atoms with Crippen molar-refractivity contribution in [3.8, 4) is 5.75 Å². The fraction of sp³-hybridized carbons (Fsp3) is 0.318.